The minimum atomic E-state index is -0.0271. The Bertz CT molecular complexity index is 740. The van der Waals surface area contributed by atoms with Crippen molar-refractivity contribution in [3.8, 4) is 11.1 Å². The molecule has 0 saturated carbocycles. The number of likely N-dealkylation sites (tertiary alicyclic amines) is 1. The number of Topliss-reactive ketones (excluding diaryl/α,β-unsaturated/α-hetero) is 1. The average Bonchev–Trinajstić information content (AvgIpc) is 2.68. The molecule has 3 rings (SSSR count). The van der Waals surface area contributed by atoms with Crippen LogP contribution < -0.4 is 5.32 Å². The molecule has 1 amide bonds. The molecule has 1 saturated heterocycles. The van der Waals surface area contributed by atoms with Crippen LogP contribution in [0.4, 0.5) is 0 Å². The van der Waals surface area contributed by atoms with Crippen molar-refractivity contribution in [3.63, 3.8) is 0 Å². The monoisotopic (exact) mass is 350 g/mol. The Morgan fingerprint density at radius 1 is 1.04 bits per heavy atom. The molecule has 0 aliphatic carbocycles. The Morgan fingerprint density at radius 3 is 2.42 bits per heavy atom. The summed E-state index contributed by atoms with van der Waals surface area (Å²) in [7, 11) is 0. The number of carbonyl (C=O) groups excluding carboxylic acids is 2. The van der Waals surface area contributed by atoms with Crippen molar-refractivity contribution in [3.05, 3.63) is 60.2 Å². The van der Waals surface area contributed by atoms with E-state index in [1.54, 1.807) is 0 Å². The maximum absolute atomic E-state index is 12.9. The molecule has 2 aromatic rings. The van der Waals surface area contributed by atoms with Gasteiger partial charge in [-0.25, -0.2) is 0 Å². The molecular formula is C22H26N2O2. The van der Waals surface area contributed by atoms with Crippen molar-refractivity contribution in [2.24, 2.45) is 5.92 Å². The van der Waals surface area contributed by atoms with Crippen molar-refractivity contribution in [2.45, 2.75) is 19.8 Å². The largest absolute Gasteiger partial charge is 0.355 e. The van der Waals surface area contributed by atoms with E-state index in [2.05, 4.69) is 22.3 Å². The maximum atomic E-state index is 12.9. The number of hydrogen-bond donors (Lipinski definition) is 1. The number of nitrogens with zero attached hydrogens (tertiary/aromatic N) is 1. The van der Waals surface area contributed by atoms with Gasteiger partial charge in [-0.3, -0.25) is 14.5 Å². The van der Waals surface area contributed by atoms with Crippen molar-refractivity contribution in [1.82, 2.24) is 10.2 Å². The summed E-state index contributed by atoms with van der Waals surface area (Å²) in [5.74, 6) is 0.193. The van der Waals surface area contributed by atoms with Gasteiger partial charge in [-0.2, -0.15) is 0 Å². The van der Waals surface area contributed by atoms with Gasteiger partial charge in [-0.15, -0.1) is 0 Å². The van der Waals surface area contributed by atoms with Crippen LogP contribution in [-0.4, -0.2) is 42.8 Å². The number of amides is 1. The second-order valence-electron chi connectivity index (χ2n) is 6.84. The van der Waals surface area contributed by atoms with Gasteiger partial charge in [-0.1, -0.05) is 54.6 Å². The molecule has 4 heteroatoms. The lowest BCUT2D eigenvalue weighted by Gasteiger charge is -2.31. The van der Waals surface area contributed by atoms with Crippen LogP contribution in [0.2, 0.25) is 0 Å². The Hall–Kier alpha value is -2.46. The molecule has 26 heavy (non-hydrogen) atoms. The van der Waals surface area contributed by atoms with E-state index in [0.717, 1.165) is 36.1 Å². The summed E-state index contributed by atoms with van der Waals surface area (Å²) >= 11 is 0. The van der Waals surface area contributed by atoms with E-state index < -0.39 is 0 Å². The summed E-state index contributed by atoms with van der Waals surface area (Å²) in [6.45, 7) is 4.48. The van der Waals surface area contributed by atoms with Crippen molar-refractivity contribution < 1.29 is 9.59 Å². The van der Waals surface area contributed by atoms with E-state index >= 15 is 0 Å². The van der Waals surface area contributed by atoms with Gasteiger partial charge >= 0.3 is 0 Å². The molecule has 136 valence electrons. The fraction of sp³-hybridized carbons (Fsp3) is 0.364. The van der Waals surface area contributed by atoms with Crippen LogP contribution in [0.25, 0.3) is 11.1 Å². The number of hydrogen-bond acceptors (Lipinski definition) is 3. The highest BCUT2D eigenvalue weighted by Crippen LogP contribution is 2.24. The summed E-state index contributed by atoms with van der Waals surface area (Å²) in [5.41, 5.74) is 3.02. The molecule has 1 heterocycles. The number of rotatable bonds is 6. The number of piperidine rings is 1. The van der Waals surface area contributed by atoms with Gasteiger partial charge in [0.05, 0.1) is 6.54 Å². The second-order valence-corrected chi connectivity index (χ2v) is 6.84. The van der Waals surface area contributed by atoms with E-state index in [1.165, 1.54) is 0 Å². The zero-order valence-electron chi connectivity index (χ0n) is 15.3. The van der Waals surface area contributed by atoms with E-state index in [-0.39, 0.29) is 17.6 Å². The fourth-order valence-electron chi connectivity index (χ4n) is 3.56. The molecule has 1 unspecified atom stereocenters. The molecule has 2 aromatic carbocycles. The standard InChI is InChI=1S/C22H26N2O2/c1-2-23-21(25)16-24-14-6-9-20(15-24)22(26)19-12-10-18(11-13-19)17-7-4-3-5-8-17/h3-5,7-8,10-13,20H,2,6,9,14-16H2,1H3,(H,23,25). The summed E-state index contributed by atoms with van der Waals surface area (Å²) in [5, 5.41) is 2.82. The normalized spacial score (nSPS) is 17.7. The lowest BCUT2D eigenvalue weighted by Crippen LogP contribution is -2.44. The number of carbonyl (C=O) groups is 2. The smallest absolute Gasteiger partial charge is 0.234 e. The van der Waals surface area contributed by atoms with Crippen LogP contribution in [0.3, 0.4) is 0 Å². The van der Waals surface area contributed by atoms with Crippen LogP contribution in [0, 0.1) is 5.92 Å². The number of nitrogens with one attached hydrogen (secondary N) is 1. The average molecular weight is 350 g/mol. The molecule has 1 fully saturated rings. The molecular weight excluding hydrogens is 324 g/mol. The SMILES string of the molecule is CCNC(=O)CN1CCCC(C(=O)c2ccc(-c3ccccc3)cc2)C1. The van der Waals surface area contributed by atoms with Crippen molar-refractivity contribution >= 4 is 11.7 Å². The van der Waals surface area contributed by atoms with Gasteiger partial charge in [0, 0.05) is 24.6 Å². The minimum absolute atomic E-state index is 0.0271. The second kappa shape index (κ2) is 8.77. The van der Waals surface area contributed by atoms with Gasteiger partial charge in [0.2, 0.25) is 5.91 Å². The quantitative estimate of drug-likeness (QED) is 0.813. The number of ketones is 1. The first-order valence-electron chi connectivity index (χ1n) is 9.36. The molecule has 1 aliphatic rings. The van der Waals surface area contributed by atoms with Crippen LogP contribution in [0.5, 0.6) is 0 Å². The maximum Gasteiger partial charge on any atom is 0.234 e. The Morgan fingerprint density at radius 2 is 1.73 bits per heavy atom. The molecule has 1 aliphatic heterocycles. The highest BCUT2D eigenvalue weighted by Gasteiger charge is 2.27. The lowest BCUT2D eigenvalue weighted by molar-refractivity contribution is -0.122. The predicted octanol–water partition coefficient (Wildman–Crippen LogP) is 3.38. The van der Waals surface area contributed by atoms with Gasteiger partial charge in [0.1, 0.15) is 0 Å². The molecule has 0 bridgehead atoms. The first-order valence-corrected chi connectivity index (χ1v) is 9.36. The fourth-order valence-corrected chi connectivity index (χ4v) is 3.56. The number of likely N-dealkylation sites (N-methyl/N-ethyl adjacent to an activating group) is 1. The lowest BCUT2D eigenvalue weighted by atomic mass is 9.89. The number of benzene rings is 2. The summed E-state index contributed by atoms with van der Waals surface area (Å²) < 4.78 is 0. The molecule has 4 nitrogen and oxygen atoms in total. The molecule has 0 radical (unpaired) electrons. The van der Waals surface area contributed by atoms with Gasteiger partial charge in [-0.05, 0) is 37.4 Å². The van der Waals surface area contributed by atoms with Crippen LogP contribution in [0.15, 0.2) is 54.6 Å². The Kier molecular flexibility index (Phi) is 6.18. The highest BCUT2D eigenvalue weighted by molar-refractivity contribution is 5.98. The summed E-state index contributed by atoms with van der Waals surface area (Å²) in [6, 6.07) is 18.0. The van der Waals surface area contributed by atoms with E-state index in [0.29, 0.717) is 19.6 Å². The zero-order valence-corrected chi connectivity index (χ0v) is 15.3. The van der Waals surface area contributed by atoms with Gasteiger partial charge < -0.3 is 5.32 Å². The van der Waals surface area contributed by atoms with Crippen molar-refractivity contribution in [1.29, 1.82) is 0 Å². The van der Waals surface area contributed by atoms with E-state index in [1.807, 2.05) is 49.4 Å². The van der Waals surface area contributed by atoms with E-state index in [9.17, 15) is 9.59 Å². The highest BCUT2D eigenvalue weighted by atomic mass is 16.2. The summed E-state index contributed by atoms with van der Waals surface area (Å²) in [4.78, 5) is 26.8. The van der Waals surface area contributed by atoms with E-state index in [4.69, 9.17) is 0 Å². The third-order valence-corrected chi connectivity index (χ3v) is 4.89. The van der Waals surface area contributed by atoms with Crippen LogP contribution >= 0.6 is 0 Å². The van der Waals surface area contributed by atoms with Gasteiger partial charge in [0.15, 0.2) is 5.78 Å². The first kappa shape index (κ1) is 18.3. The van der Waals surface area contributed by atoms with Gasteiger partial charge in [0.25, 0.3) is 0 Å². The molecule has 1 atom stereocenters. The summed E-state index contributed by atoms with van der Waals surface area (Å²) in [6.07, 6.45) is 1.85. The molecule has 0 aromatic heterocycles. The minimum Gasteiger partial charge on any atom is -0.355 e. The first-order chi connectivity index (χ1) is 12.7. The third-order valence-electron chi connectivity index (χ3n) is 4.89. The third kappa shape index (κ3) is 4.58. The Labute approximate surface area is 155 Å². The molecule has 1 N–H and O–H groups in total. The topological polar surface area (TPSA) is 49.4 Å². The van der Waals surface area contributed by atoms with Crippen molar-refractivity contribution in [2.75, 3.05) is 26.2 Å². The zero-order chi connectivity index (χ0) is 18.4. The predicted molar refractivity (Wildman–Crippen MR) is 104 cm³/mol. The molecule has 0 spiro atoms. The van der Waals surface area contributed by atoms with Crippen LogP contribution in [-0.2, 0) is 4.79 Å². The Balaban J connectivity index is 1.64. The van der Waals surface area contributed by atoms with Crippen LogP contribution in [0.1, 0.15) is 30.1 Å².